The summed E-state index contributed by atoms with van der Waals surface area (Å²) in [5.41, 5.74) is 2.55. The predicted molar refractivity (Wildman–Crippen MR) is 95.1 cm³/mol. The highest BCUT2D eigenvalue weighted by Crippen LogP contribution is 2.44. The normalized spacial score (nSPS) is 18.1. The zero-order valence-electron chi connectivity index (χ0n) is 14.3. The van der Waals surface area contributed by atoms with Crippen LogP contribution in [0.4, 0.5) is 0 Å². The third-order valence-corrected chi connectivity index (χ3v) is 5.77. The lowest BCUT2D eigenvalue weighted by Gasteiger charge is -2.39. The second-order valence-corrected chi connectivity index (χ2v) is 7.39. The molecule has 1 atom stereocenters. The molecule has 5 heterocycles. The van der Waals surface area contributed by atoms with Gasteiger partial charge in [-0.2, -0.15) is 4.98 Å². The molecule has 0 spiro atoms. The van der Waals surface area contributed by atoms with Crippen molar-refractivity contribution in [3.05, 3.63) is 34.2 Å². The molecule has 3 aromatic heterocycles. The molecule has 2 aliphatic rings. The molecule has 0 aromatic carbocycles. The molecule has 3 aromatic rings. The van der Waals surface area contributed by atoms with Crippen molar-refractivity contribution in [2.75, 3.05) is 13.1 Å². The van der Waals surface area contributed by atoms with Crippen LogP contribution in [0.1, 0.15) is 47.1 Å². The van der Waals surface area contributed by atoms with Crippen molar-refractivity contribution in [2.45, 2.75) is 32.4 Å². The van der Waals surface area contributed by atoms with Crippen molar-refractivity contribution in [3.63, 3.8) is 0 Å². The van der Waals surface area contributed by atoms with E-state index >= 15 is 0 Å². The lowest BCUT2D eigenvalue weighted by Crippen LogP contribution is -2.44. The standard InChI is InChI=1S/C17H18N6O2S/c1-2-5-18-8-12-20-16(21-25-12)13-14-10-3-6-22(10)17(24)15-11(4-7-26-15)23(14)9-19-13/h4,7,9-10,18H,2-3,5-6,8H2,1H3/t10-/m0/s1. The van der Waals surface area contributed by atoms with Crippen molar-refractivity contribution in [2.24, 2.45) is 0 Å². The lowest BCUT2D eigenvalue weighted by atomic mass is 9.98. The first kappa shape index (κ1) is 15.7. The molecule has 1 fully saturated rings. The van der Waals surface area contributed by atoms with Gasteiger partial charge in [-0.05, 0) is 30.8 Å². The molecule has 2 aliphatic heterocycles. The number of imidazole rings is 1. The van der Waals surface area contributed by atoms with Crippen LogP contribution in [0.2, 0.25) is 0 Å². The molecular weight excluding hydrogens is 352 g/mol. The average molecular weight is 370 g/mol. The van der Waals surface area contributed by atoms with Gasteiger partial charge < -0.3 is 14.7 Å². The van der Waals surface area contributed by atoms with Gasteiger partial charge in [0.15, 0.2) is 0 Å². The Morgan fingerprint density at radius 1 is 1.46 bits per heavy atom. The summed E-state index contributed by atoms with van der Waals surface area (Å²) in [5, 5.41) is 9.31. The van der Waals surface area contributed by atoms with Crippen molar-refractivity contribution >= 4 is 17.2 Å². The van der Waals surface area contributed by atoms with E-state index in [9.17, 15) is 4.79 Å². The number of carbonyl (C=O) groups is 1. The number of nitrogens with one attached hydrogen (secondary N) is 1. The van der Waals surface area contributed by atoms with Gasteiger partial charge in [-0.3, -0.25) is 9.36 Å². The Labute approximate surface area is 153 Å². The highest BCUT2D eigenvalue weighted by Gasteiger charge is 2.42. The molecule has 1 N–H and O–H groups in total. The van der Waals surface area contributed by atoms with Gasteiger partial charge in [-0.15, -0.1) is 11.3 Å². The summed E-state index contributed by atoms with van der Waals surface area (Å²) < 4.78 is 7.37. The first-order valence-electron chi connectivity index (χ1n) is 8.77. The van der Waals surface area contributed by atoms with Crippen molar-refractivity contribution in [1.29, 1.82) is 0 Å². The van der Waals surface area contributed by atoms with Crippen LogP contribution in [0.25, 0.3) is 17.2 Å². The predicted octanol–water partition coefficient (Wildman–Crippen LogP) is 2.38. The summed E-state index contributed by atoms with van der Waals surface area (Å²) in [6.45, 7) is 4.32. The van der Waals surface area contributed by atoms with Gasteiger partial charge in [0, 0.05) is 6.54 Å². The number of amides is 1. The third-order valence-electron chi connectivity index (χ3n) is 4.88. The average Bonchev–Trinajstić information content (AvgIpc) is 3.31. The molecule has 0 radical (unpaired) electrons. The number of hydrogen-bond acceptors (Lipinski definition) is 7. The van der Waals surface area contributed by atoms with Crippen LogP contribution in [-0.4, -0.2) is 43.6 Å². The van der Waals surface area contributed by atoms with Gasteiger partial charge in [0.05, 0.1) is 24.0 Å². The maximum Gasteiger partial charge on any atom is 0.266 e. The zero-order valence-corrected chi connectivity index (χ0v) is 15.1. The van der Waals surface area contributed by atoms with Gasteiger partial charge >= 0.3 is 0 Å². The van der Waals surface area contributed by atoms with Gasteiger partial charge in [0.2, 0.25) is 11.7 Å². The Morgan fingerprint density at radius 2 is 2.38 bits per heavy atom. The van der Waals surface area contributed by atoms with Gasteiger partial charge in [0.25, 0.3) is 5.91 Å². The number of thiophene rings is 1. The second kappa shape index (κ2) is 6.03. The lowest BCUT2D eigenvalue weighted by molar-refractivity contribution is 0.0466. The number of aromatic nitrogens is 4. The van der Waals surface area contributed by atoms with E-state index in [2.05, 4.69) is 27.4 Å². The topological polar surface area (TPSA) is 89.1 Å². The Balaban J connectivity index is 1.56. The van der Waals surface area contributed by atoms with Crippen LogP contribution in [0.15, 0.2) is 22.3 Å². The molecule has 1 saturated heterocycles. The van der Waals surface area contributed by atoms with Crippen molar-refractivity contribution in [3.8, 4) is 17.2 Å². The van der Waals surface area contributed by atoms with E-state index in [0.29, 0.717) is 24.0 Å². The maximum atomic E-state index is 12.8. The molecule has 0 unspecified atom stereocenters. The molecular formula is C17H18N6O2S. The van der Waals surface area contributed by atoms with Gasteiger partial charge in [-0.1, -0.05) is 12.1 Å². The molecule has 26 heavy (non-hydrogen) atoms. The second-order valence-electron chi connectivity index (χ2n) is 6.47. The van der Waals surface area contributed by atoms with Crippen LogP contribution in [0.3, 0.4) is 0 Å². The van der Waals surface area contributed by atoms with E-state index in [0.717, 1.165) is 42.2 Å². The molecule has 1 amide bonds. The fourth-order valence-corrected chi connectivity index (χ4v) is 4.37. The quantitative estimate of drug-likeness (QED) is 0.694. The minimum Gasteiger partial charge on any atom is -0.337 e. The number of nitrogens with zero attached hydrogens (tertiary/aromatic N) is 5. The van der Waals surface area contributed by atoms with E-state index in [1.807, 2.05) is 20.9 Å². The number of fused-ring (bicyclic) bond motifs is 5. The third kappa shape index (κ3) is 2.24. The number of rotatable bonds is 5. The fourth-order valence-electron chi connectivity index (χ4n) is 3.53. The first-order valence-corrected chi connectivity index (χ1v) is 9.65. The van der Waals surface area contributed by atoms with Crippen LogP contribution < -0.4 is 5.32 Å². The fraction of sp³-hybridized carbons (Fsp3) is 0.412. The Bertz CT molecular complexity index is 974. The van der Waals surface area contributed by atoms with Crippen molar-refractivity contribution < 1.29 is 9.32 Å². The molecule has 0 bridgehead atoms. The largest absolute Gasteiger partial charge is 0.337 e. The minimum absolute atomic E-state index is 0.0137. The zero-order chi connectivity index (χ0) is 17.7. The summed E-state index contributed by atoms with van der Waals surface area (Å²) in [6, 6.07) is 1.98. The maximum absolute atomic E-state index is 12.8. The minimum atomic E-state index is 0.0137. The molecule has 5 rings (SSSR count). The van der Waals surface area contributed by atoms with Gasteiger partial charge in [0.1, 0.15) is 16.9 Å². The Kier molecular flexibility index (Phi) is 3.64. The molecule has 0 aliphatic carbocycles. The highest BCUT2D eigenvalue weighted by atomic mass is 32.1. The number of hydrogen-bond donors (Lipinski definition) is 1. The Hall–Kier alpha value is -2.52. The van der Waals surface area contributed by atoms with Gasteiger partial charge in [-0.25, -0.2) is 4.98 Å². The van der Waals surface area contributed by atoms with E-state index in [1.165, 1.54) is 11.3 Å². The van der Waals surface area contributed by atoms with Crippen LogP contribution in [-0.2, 0) is 6.54 Å². The van der Waals surface area contributed by atoms with E-state index in [-0.39, 0.29) is 11.9 Å². The Morgan fingerprint density at radius 3 is 3.19 bits per heavy atom. The SMILES string of the molecule is CCCNCc1nc(-c2ncn3c2[C@@H]2CCN2C(=O)c2sccc2-3)no1. The monoisotopic (exact) mass is 370 g/mol. The van der Waals surface area contributed by atoms with Crippen LogP contribution in [0.5, 0.6) is 0 Å². The molecule has 9 heteroatoms. The molecule has 134 valence electrons. The van der Waals surface area contributed by atoms with Crippen LogP contribution >= 0.6 is 11.3 Å². The first-order chi connectivity index (χ1) is 12.8. The summed E-state index contributed by atoms with van der Waals surface area (Å²) in [6.07, 6.45) is 3.73. The highest BCUT2D eigenvalue weighted by molar-refractivity contribution is 7.12. The van der Waals surface area contributed by atoms with E-state index in [1.54, 1.807) is 6.33 Å². The number of carbonyl (C=O) groups excluding carboxylic acids is 1. The molecule has 0 saturated carbocycles. The van der Waals surface area contributed by atoms with E-state index < -0.39 is 0 Å². The summed E-state index contributed by atoms with van der Waals surface area (Å²) in [7, 11) is 0. The molecule has 8 nitrogen and oxygen atoms in total. The van der Waals surface area contributed by atoms with Crippen molar-refractivity contribution in [1.82, 2.24) is 29.9 Å². The van der Waals surface area contributed by atoms with Crippen LogP contribution in [0, 0.1) is 0 Å². The smallest absolute Gasteiger partial charge is 0.266 e. The summed E-state index contributed by atoms with van der Waals surface area (Å²) in [4.78, 5) is 24.5. The summed E-state index contributed by atoms with van der Waals surface area (Å²) >= 11 is 1.47. The summed E-state index contributed by atoms with van der Waals surface area (Å²) in [5.74, 6) is 1.12. The van der Waals surface area contributed by atoms with E-state index in [4.69, 9.17) is 4.52 Å².